The van der Waals surface area contributed by atoms with Crippen LogP contribution < -0.4 is 4.74 Å². The lowest BCUT2D eigenvalue weighted by molar-refractivity contribution is 0.144. The largest absolute Gasteiger partial charge is 0.511 e. The van der Waals surface area contributed by atoms with E-state index in [4.69, 9.17) is 4.74 Å². The fourth-order valence-corrected chi connectivity index (χ4v) is 3.87. The number of hydrogen-bond acceptors (Lipinski definition) is 2. The van der Waals surface area contributed by atoms with Gasteiger partial charge in [-0.15, -0.1) is 0 Å². The summed E-state index contributed by atoms with van der Waals surface area (Å²) in [4.78, 5) is 11.3. The summed E-state index contributed by atoms with van der Waals surface area (Å²) in [6.07, 6.45) is 8.32. The van der Waals surface area contributed by atoms with Crippen LogP contribution in [0.1, 0.15) is 76.0 Å². The monoisotopic (exact) mass is 382 g/mol. The van der Waals surface area contributed by atoms with Crippen molar-refractivity contribution in [3.05, 3.63) is 53.1 Å². The normalized spacial score (nSPS) is 10.8. The average molecular weight is 383 g/mol. The van der Waals surface area contributed by atoms with E-state index in [1.165, 1.54) is 28.7 Å². The molecular formula is C25H34O3. The standard InChI is InChI=1S/C25H34O3/c1-4-7-9-15-21-22(20-14-12-11-13-19(20)6-3)17-18-24(28-25(26)27)23(21)16-10-8-5-2/h11-14,17-18H,4-10,15-16H2,1-3H3,(H,26,27). The molecule has 0 aromatic heterocycles. The van der Waals surface area contributed by atoms with Gasteiger partial charge >= 0.3 is 6.16 Å². The summed E-state index contributed by atoms with van der Waals surface area (Å²) in [6, 6.07) is 12.4. The van der Waals surface area contributed by atoms with Crippen LogP contribution in [0.3, 0.4) is 0 Å². The van der Waals surface area contributed by atoms with E-state index in [2.05, 4.69) is 51.1 Å². The predicted molar refractivity (Wildman–Crippen MR) is 116 cm³/mol. The van der Waals surface area contributed by atoms with Crippen LogP contribution in [0.25, 0.3) is 11.1 Å². The number of carboxylic acid groups (broad SMARTS) is 1. The Hall–Kier alpha value is -2.29. The Morgan fingerprint density at radius 1 is 0.821 bits per heavy atom. The van der Waals surface area contributed by atoms with Crippen molar-refractivity contribution in [1.29, 1.82) is 0 Å². The van der Waals surface area contributed by atoms with Crippen molar-refractivity contribution in [3.63, 3.8) is 0 Å². The van der Waals surface area contributed by atoms with E-state index < -0.39 is 6.16 Å². The van der Waals surface area contributed by atoms with Gasteiger partial charge in [-0.25, -0.2) is 4.79 Å². The summed E-state index contributed by atoms with van der Waals surface area (Å²) >= 11 is 0. The Morgan fingerprint density at radius 3 is 2.07 bits per heavy atom. The smallest absolute Gasteiger partial charge is 0.449 e. The van der Waals surface area contributed by atoms with Crippen LogP contribution in [0.5, 0.6) is 5.75 Å². The highest BCUT2D eigenvalue weighted by molar-refractivity contribution is 5.74. The number of ether oxygens (including phenoxy) is 1. The van der Waals surface area contributed by atoms with Gasteiger partial charge in [0.05, 0.1) is 0 Å². The minimum atomic E-state index is -1.24. The summed E-state index contributed by atoms with van der Waals surface area (Å²) in [6.45, 7) is 6.57. The first-order chi connectivity index (χ1) is 13.6. The quantitative estimate of drug-likeness (QED) is 0.249. The zero-order valence-corrected chi connectivity index (χ0v) is 17.6. The molecule has 0 fully saturated rings. The van der Waals surface area contributed by atoms with Crippen molar-refractivity contribution < 1.29 is 14.6 Å². The number of benzene rings is 2. The zero-order chi connectivity index (χ0) is 20.4. The molecule has 0 unspecified atom stereocenters. The molecule has 0 aliphatic rings. The second-order valence-corrected chi connectivity index (χ2v) is 7.36. The van der Waals surface area contributed by atoms with Gasteiger partial charge in [0, 0.05) is 0 Å². The predicted octanol–water partition coefficient (Wildman–Crippen LogP) is 7.44. The van der Waals surface area contributed by atoms with Gasteiger partial charge in [-0.2, -0.15) is 0 Å². The molecule has 0 bridgehead atoms. The van der Waals surface area contributed by atoms with Gasteiger partial charge in [0.1, 0.15) is 5.75 Å². The maximum absolute atomic E-state index is 11.3. The molecule has 0 saturated heterocycles. The third-order valence-electron chi connectivity index (χ3n) is 5.33. The summed E-state index contributed by atoms with van der Waals surface area (Å²) in [5.74, 6) is 0.507. The molecule has 1 N–H and O–H groups in total. The Balaban J connectivity index is 2.58. The van der Waals surface area contributed by atoms with Crippen LogP contribution in [-0.4, -0.2) is 11.3 Å². The lowest BCUT2D eigenvalue weighted by Crippen LogP contribution is -2.09. The van der Waals surface area contributed by atoms with E-state index >= 15 is 0 Å². The van der Waals surface area contributed by atoms with Crippen molar-refractivity contribution in [1.82, 2.24) is 0 Å². The molecule has 2 aromatic rings. The Bertz CT molecular complexity index is 764. The second-order valence-electron chi connectivity index (χ2n) is 7.36. The van der Waals surface area contributed by atoms with Crippen molar-refractivity contribution >= 4 is 6.16 Å². The Morgan fingerprint density at radius 2 is 1.46 bits per heavy atom. The van der Waals surface area contributed by atoms with Crippen molar-refractivity contribution in [2.75, 3.05) is 0 Å². The third-order valence-corrected chi connectivity index (χ3v) is 5.33. The van der Waals surface area contributed by atoms with E-state index in [-0.39, 0.29) is 0 Å². The summed E-state index contributed by atoms with van der Waals surface area (Å²) in [7, 11) is 0. The molecule has 2 rings (SSSR count). The van der Waals surface area contributed by atoms with Crippen molar-refractivity contribution in [2.24, 2.45) is 0 Å². The average Bonchev–Trinajstić information content (AvgIpc) is 2.69. The minimum Gasteiger partial charge on any atom is -0.449 e. The first-order valence-corrected chi connectivity index (χ1v) is 10.8. The van der Waals surface area contributed by atoms with Crippen LogP contribution in [-0.2, 0) is 19.3 Å². The second kappa shape index (κ2) is 11.5. The molecular weight excluding hydrogens is 348 g/mol. The molecule has 28 heavy (non-hydrogen) atoms. The van der Waals surface area contributed by atoms with Gasteiger partial charge < -0.3 is 9.84 Å². The molecule has 0 amide bonds. The molecule has 0 atom stereocenters. The molecule has 3 nitrogen and oxygen atoms in total. The minimum absolute atomic E-state index is 0.507. The Kier molecular flexibility index (Phi) is 9.06. The molecule has 0 saturated carbocycles. The zero-order valence-electron chi connectivity index (χ0n) is 17.6. The van der Waals surface area contributed by atoms with Crippen LogP contribution in [0.4, 0.5) is 4.79 Å². The summed E-state index contributed by atoms with van der Waals surface area (Å²) in [5, 5.41) is 9.21. The molecule has 152 valence electrons. The number of rotatable bonds is 11. The van der Waals surface area contributed by atoms with Crippen LogP contribution in [0.2, 0.25) is 0 Å². The van der Waals surface area contributed by atoms with Crippen LogP contribution in [0.15, 0.2) is 36.4 Å². The topological polar surface area (TPSA) is 46.5 Å². The Labute approximate surface area is 169 Å². The lowest BCUT2D eigenvalue weighted by atomic mass is 9.87. The highest BCUT2D eigenvalue weighted by Gasteiger charge is 2.18. The van der Waals surface area contributed by atoms with Gasteiger partial charge in [-0.3, -0.25) is 0 Å². The molecule has 0 aliphatic heterocycles. The number of aryl methyl sites for hydroxylation is 1. The maximum Gasteiger partial charge on any atom is 0.511 e. The molecule has 0 aliphatic carbocycles. The van der Waals surface area contributed by atoms with E-state index in [0.29, 0.717) is 5.75 Å². The van der Waals surface area contributed by atoms with Crippen molar-refractivity contribution in [3.8, 4) is 16.9 Å². The molecule has 0 heterocycles. The first-order valence-electron chi connectivity index (χ1n) is 10.8. The van der Waals surface area contributed by atoms with E-state index in [1.54, 1.807) is 0 Å². The van der Waals surface area contributed by atoms with E-state index in [1.807, 2.05) is 6.07 Å². The fraction of sp³-hybridized carbons (Fsp3) is 0.480. The van der Waals surface area contributed by atoms with Gasteiger partial charge in [0.25, 0.3) is 0 Å². The van der Waals surface area contributed by atoms with Crippen LogP contribution in [0, 0.1) is 0 Å². The third kappa shape index (κ3) is 5.85. The molecule has 0 spiro atoms. The van der Waals surface area contributed by atoms with Crippen LogP contribution >= 0.6 is 0 Å². The number of unbranched alkanes of at least 4 members (excludes halogenated alkanes) is 4. The molecule has 2 aromatic carbocycles. The summed E-state index contributed by atoms with van der Waals surface area (Å²) < 4.78 is 5.19. The van der Waals surface area contributed by atoms with E-state index in [0.717, 1.165) is 56.9 Å². The number of carbonyl (C=O) groups is 1. The van der Waals surface area contributed by atoms with Crippen molar-refractivity contribution in [2.45, 2.75) is 78.6 Å². The summed E-state index contributed by atoms with van der Waals surface area (Å²) in [5.41, 5.74) is 6.16. The van der Waals surface area contributed by atoms with Gasteiger partial charge in [-0.1, -0.05) is 76.8 Å². The number of hydrogen-bond donors (Lipinski definition) is 1. The SMILES string of the molecule is CCCCCc1c(OC(=O)O)ccc(-c2ccccc2CC)c1CCCCC. The lowest BCUT2D eigenvalue weighted by Gasteiger charge is -2.20. The highest BCUT2D eigenvalue weighted by Crippen LogP contribution is 2.36. The van der Waals surface area contributed by atoms with E-state index in [9.17, 15) is 9.90 Å². The van der Waals surface area contributed by atoms with Gasteiger partial charge in [0.15, 0.2) is 0 Å². The first kappa shape index (κ1) is 22.0. The van der Waals surface area contributed by atoms with Gasteiger partial charge in [-0.05, 0) is 66.0 Å². The highest BCUT2D eigenvalue weighted by atomic mass is 16.7. The molecule has 0 radical (unpaired) electrons. The fourth-order valence-electron chi connectivity index (χ4n) is 3.87. The van der Waals surface area contributed by atoms with Gasteiger partial charge in [0.2, 0.25) is 0 Å². The molecule has 3 heteroatoms. The maximum atomic E-state index is 11.3.